The van der Waals surface area contributed by atoms with Gasteiger partial charge in [-0.2, -0.15) is 0 Å². The van der Waals surface area contributed by atoms with Gasteiger partial charge >= 0.3 is 0 Å². The summed E-state index contributed by atoms with van der Waals surface area (Å²) < 4.78 is 0. The van der Waals surface area contributed by atoms with Crippen molar-refractivity contribution in [2.75, 3.05) is 17.3 Å². The molecule has 1 atom stereocenters. The number of carbonyl (C=O) groups is 2. The summed E-state index contributed by atoms with van der Waals surface area (Å²) in [7, 11) is 1.70. The van der Waals surface area contributed by atoms with E-state index in [-0.39, 0.29) is 17.1 Å². The number of rotatable bonds is 6. The second-order valence-corrected chi connectivity index (χ2v) is 6.85. The van der Waals surface area contributed by atoms with Crippen LogP contribution in [0.5, 0.6) is 0 Å². The fraction of sp³-hybridized carbons (Fsp3) is 0.263. The summed E-state index contributed by atoms with van der Waals surface area (Å²) in [6.45, 7) is 3.39. The van der Waals surface area contributed by atoms with Gasteiger partial charge in [0.15, 0.2) is 0 Å². The lowest BCUT2D eigenvalue weighted by Gasteiger charge is -2.20. The zero-order valence-corrected chi connectivity index (χ0v) is 15.0. The molecule has 2 aromatic carbocycles. The normalized spacial score (nSPS) is 11.6. The average Bonchev–Trinajstić information content (AvgIpc) is 2.60. The topological polar surface area (TPSA) is 49.4 Å². The lowest BCUT2D eigenvalue weighted by atomic mass is 10.2. The van der Waals surface area contributed by atoms with Gasteiger partial charge in [0.2, 0.25) is 11.8 Å². The predicted octanol–water partition coefficient (Wildman–Crippen LogP) is 3.93. The zero-order chi connectivity index (χ0) is 17.5. The molecule has 2 amide bonds. The van der Waals surface area contributed by atoms with Crippen molar-refractivity contribution in [1.29, 1.82) is 0 Å². The number of thioether (sulfide) groups is 1. The fourth-order valence-electron chi connectivity index (χ4n) is 2.15. The minimum Gasteiger partial charge on any atom is -0.323 e. The molecule has 0 spiro atoms. The Balaban J connectivity index is 2.00. The summed E-state index contributed by atoms with van der Waals surface area (Å²) in [6.07, 6.45) is 0. The van der Waals surface area contributed by atoms with Crippen LogP contribution >= 0.6 is 11.8 Å². The van der Waals surface area contributed by atoms with Gasteiger partial charge in [-0.3, -0.25) is 9.59 Å². The summed E-state index contributed by atoms with van der Waals surface area (Å²) in [5, 5.41) is 2.74. The van der Waals surface area contributed by atoms with Crippen molar-refractivity contribution in [3.05, 3.63) is 60.2 Å². The lowest BCUT2D eigenvalue weighted by molar-refractivity contribution is -0.116. The molecule has 1 N–H and O–H groups in total. The molecule has 24 heavy (non-hydrogen) atoms. The molecule has 0 aromatic heterocycles. The largest absolute Gasteiger partial charge is 0.323 e. The Labute approximate surface area is 147 Å². The minimum atomic E-state index is -0.194. The highest BCUT2D eigenvalue weighted by molar-refractivity contribution is 7.99. The quantitative estimate of drug-likeness (QED) is 0.865. The number of nitrogens with one attached hydrogen (secondary N) is 1. The number of nitrogens with zero attached hydrogens (tertiary/aromatic N) is 1. The molecule has 0 fully saturated rings. The highest BCUT2D eigenvalue weighted by Gasteiger charge is 2.17. The van der Waals surface area contributed by atoms with Gasteiger partial charge in [-0.1, -0.05) is 42.5 Å². The van der Waals surface area contributed by atoms with Crippen molar-refractivity contribution >= 4 is 35.0 Å². The third-order valence-corrected chi connectivity index (χ3v) is 4.92. The third-order valence-electron chi connectivity index (χ3n) is 3.71. The first-order valence-corrected chi connectivity index (χ1v) is 8.83. The van der Waals surface area contributed by atoms with Crippen LogP contribution in [0.4, 0.5) is 11.4 Å². The van der Waals surface area contributed by atoms with Crippen LogP contribution in [0.25, 0.3) is 0 Å². The SMILES string of the molecule is CC(=O)N(C)c1ccccc1NC(=O)[C@H](C)SCc1ccccc1. The average molecular weight is 342 g/mol. The number of benzene rings is 2. The Morgan fingerprint density at radius 2 is 1.71 bits per heavy atom. The van der Waals surface area contributed by atoms with Gasteiger partial charge in [0.1, 0.15) is 0 Å². The first kappa shape index (κ1) is 18.1. The van der Waals surface area contributed by atoms with E-state index in [1.165, 1.54) is 17.4 Å². The minimum absolute atomic E-state index is 0.0691. The van der Waals surface area contributed by atoms with Gasteiger partial charge in [-0.25, -0.2) is 0 Å². The van der Waals surface area contributed by atoms with E-state index in [2.05, 4.69) is 17.4 Å². The summed E-state index contributed by atoms with van der Waals surface area (Å²) in [4.78, 5) is 25.6. The van der Waals surface area contributed by atoms with Gasteiger partial charge in [0.05, 0.1) is 16.6 Å². The molecule has 5 heteroatoms. The van der Waals surface area contributed by atoms with E-state index in [4.69, 9.17) is 0 Å². The Morgan fingerprint density at radius 1 is 1.08 bits per heavy atom. The summed E-state index contributed by atoms with van der Waals surface area (Å²) >= 11 is 1.58. The van der Waals surface area contributed by atoms with Crippen molar-refractivity contribution in [3.8, 4) is 0 Å². The van der Waals surface area contributed by atoms with Crippen LogP contribution in [0.1, 0.15) is 19.4 Å². The number of hydrogen-bond acceptors (Lipinski definition) is 3. The first-order valence-electron chi connectivity index (χ1n) is 7.78. The second kappa shape index (κ2) is 8.55. The van der Waals surface area contributed by atoms with Crippen LogP contribution in [0.2, 0.25) is 0 Å². The molecule has 0 saturated carbocycles. The van der Waals surface area contributed by atoms with Crippen LogP contribution in [0.15, 0.2) is 54.6 Å². The van der Waals surface area contributed by atoms with E-state index in [1.54, 1.807) is 24.9 Å². The standard InChI is InChI=1S/C19H22N2O2S/c1-14(24-13-16-9-5-4-6-10-16)19(23)20-17-11-7-8-12-18(17)21(3)15(2)22/h4-12,14H,13H2,1-3H3,(H,20,23)/t14-/m0/s1. The van der Waals surface area contributed by atoms with E-state index in [0.717, 1.165) is 5.75 Å². The van der Waals surface area contributed by atoms with E-state index in [9.17, 15) is 9.59 Å². The molecule has 0 aliphatic rings. The maximum Gasteiger partial charge on any atom is 0.237 e. The molecule has 0 heterocycles. The van der Waals surface area contributed by atoms with Crippen molar-refractivity contribution < 1.29 is 9.59 Å². The van der Waals surface area contributed by atoms with Crippen LogP contribution in [0, 0.1) is 0 Å². The smallest absolute Gasteiger partial charge is 0.237 e. The predicted molar refractivity (Wildman–Crippen MR) is 101 cm³/mol. The van der Waals surface area contributed by atoms with Gasteiger partial charge in [-0.15, -0.1) is 11.8 Å². The van der Waals surface area contributed by atoms with E-state index in [1.807, 2.05) is 43.3 Å². The van der Waals surface area contributed by atoms with Crippen LogP contribution in [-0.4, -0.2) is 24.1 Å². The van der Waals surface area contributed by atoms with Crippen molar-refractivity contribution in [3.63, 3.8) is 0 Å². The summed E-state index contributed by atoms with van der Waals surface area (Å²) in [6, 6.07) is 17.4. The monoisotopic (exact) mass is 342 g/mol. The van der Waals surface area contributed by atoms with Crippen LogP contribution in [-0.2, 0) is 15.3 Å². The first-order chi connectivity index (χ1) is 11.5. The van der Waals surface area contributed by atoms with Crippen molar-refractivity contribution in [1.82, 2.24) is 0 Å². The summed E-state index contributed by atoms with van der Waals surface area (Å²) in [5.41, 5.74) is 2.53. The van der Waals surface area contributed by atoms with Crippen LogP contribution in [0.3, 0.4) is 0 Å². The molecule has 2 rings (SSSR count). The van der Waals surface area contributed by atoms with E-state index in [0.29, 0.717) is 11.4 Å². The van der Waals surface area contributed by atoms with Crippen LogP contribution < -0.4 is 10.2 Å². The Bertz CT molecular complexity index is 704. The molecule has 0 aliphatic heterocycles. The summed E-state index contributed by atoms with van der Waals surface area (Å²) in [5.74, 6) is 0.633. The molecule has 0 radical (unpaired) electrons. The number of para-hydroxylation sites is 2. The molecule has 126 valence electrons. The Morgan fingerprint density at radius 3 is 2.38 bits per heavy atom. The number of amides is 2. The molecular formula is C19H22N2O2S. The van der Waals surface area contributed by atoms with E-state index >= 15 is 0 Å². The maximum atomic E-state index is 12.4. The van der Waals surface area contributed by atoms with Gasteiger partial charge in [0, 0.05) is 19.7 Å². The van der Waals surface area contributed by atoms with Crippen molar-refractivity contribution in [2.45, 2.75) is 24.9 Å². The van der Waals surface area contributed by atoms with Gasteiger partial charge in [0.25, 0.3) is 0 Å². The third kappa shape index (κ3) is 4.86. The number of carbonyl (C=O) groups excluding carboxylic acids is 2. The number of anilines is 2. The Kier molecular flexibility index (Phi) is 6.44. The molecule has 0 unspecified atom stereocenters. The van der Waals surface area contributed by atoms with Gasteiger partial charge in [-0.05, 0) is 24.6 Å². The van der Waals surface area contributed by atoms with E-state index < -0.39 is 0 Å². The molecular weight excluding hydrogens is 320 g/mol. The molecule has 0 bridgehead atoms. The van der Waals surface area contributed by atoms with Crippen molar-refractivity contribution in [2.24, 2.45) is 0 Å². The number of hydrogen-bond donors (Lipinski definition) is 1. The van der Waals surface area contributed by atoms with Gasteiger partial charge < -0.3 is 10.2 Å². The Hall–Kier alpha value is -2.27. The zero-order valence-electron chi connectivity index (χ0n) is 14.2. The molecule has 0 aliphatic carbocycles. The fourth-order valence-corrected chi connectivity index (χ4v) is 2.99. The highest BCUT2D eigenvalue weighted by Crippen LogP contribution is 2.26. The molecule has 4 nitrogen and oxygen atoms in total. The molecule has 0 saturated heterocycles. The lowest BCUT2D eigenvalue weighted by Crippen LogP contribution is -2.27. The highest BCUT2D eigenvalue weighted by atomic mass is 32.2. The molecule has 2 aromatic rings. The second-order valence-electron chi connectivity index (χ2n) is 5.52. The maximum absolute atomic E-state index is 12.4.